The number of para-hydroxylation sites is 3. The molecule has 10 aromatic rings. The zero-order valence-electron chi connectivity index (χ0n) is 28.1. The van der Waals surface area contributed by atoms with Gasteiger partial charge in [0.05, 0.1) is 0 Å². The third-order valence-corrected chi connectivity index (χ3v) is 10.0. The Morgan fingerprint density at radius 3 is 1.48 bits per heavy atom. The minimum atomic E-state index is -0.0362. The minimum Gasteiger partial charge on any atom is -0.456 e. The van der Waals surface area contributed by atoms with Crippen molar-refractivity contribution in [2.75, 3.05) is 4.90 Å². The molecule has 10 rings (SSSR count). The first kappa shape index (κ1) is 28.7. The Hall–Kier alpha value is -6.26. The molecule has 3 heterocycles. The number of anilines is 3. The molecule has 3 aromatic heterocycles. The highest BCUT2D eigenvalue weighted by Gasteiger charge is 2.21. The molecule has 50 heavy (non-hydrogen) atoms. The molecule has 0 fully saturated rings. The number of fused-ring (bicyclic) bond motifs is 9. The fraction of sp³-hybridized carbons (Fsp3) is 0.0870. The number of aromatic nitrogens is 1. The zero-order valence-corrected chi connectivity index (χ0v) is 28.1. The number of rotatable bonds is 4. The zero-order chi connectivity index (χ0) is 33.6. The van der Waals surface area contributed by atoms with Crippen LogP contribution in [0, 0.1) is 0 Å². The summed E-state index contributed by atoms with van der Waals surface area (Å²) in [6.45, 7) is 6.82. The average molecular weight is 647 g/mol. The average Bonchev–Trinajstić information content (AvgIpc) is 3.81. The molecule has 0 aliphatic rings. The fourth-order valence-electron chi connectivity index (χ4n) is 7.83. The second-order valence-corrected chi connectivity index (χ2v) is 14.2. The van der Waals surface area contributed by atoms with Crippen LogP contribution in [0.25, 0.3) is 76.8 Å². The summed E-state index contributed by atoms with van der Waals surface area (Å²) in [4.78, 5) is 2.33. The van der Waals surface area contributed by atoms with Gasteiger partial charge in [-0.3, -0.25) is 0 Å². The lowest BCUT2D eigenvalue weighted by atomic mass is 10.0. The summed E-state index contributed by atoms with van der Waals surface area (Å²) in [7, 11) is 0. The Balaban J connectivity index is 1.12. The second kappa shape index (κ2) is 10.6. The molecule has 0 aliphatic heterocycles. The summed E-state index contributed by atoms with van der Waals surface area (Å²) >= 11 is 0. The number of hydrogen-bond acceptors (Lipinski definition) is 3. The van der Waals surface area contributed by atoms with Crippen LogP contribution >= 0.6 is 0 Å². The molecule has 0 saturated carbocycles. The van der Waals surface area contributed by atoms with E-state index in [4.69, 9.17) is 8.83 Å². The van der Waals surface area contributed by atoms with Crippen molar-refractivity contribution in [2.45, 2.75) is 26.3 Å². The number of benzene rings is 7. The molecule has 0 amide bonds. The maximum Gasteiger partial charge on any atom is 0.135 e. The lowest BCUT2D eigenvalue weighted by molar-refractivity contribution is 0.423. The van der Waals surface area contributed by atoms with Crippen LogP contribution in [0.2, 0.25) is 0 Å². The van der Waals surface area contributed by atoms with Gasteiger partial charge in [0.25, 0.3) is 0 Å². The fourth-order valence-corrected chi connectivity index (χ4v) is 7.83. The van der Waals surface area contributed by atoms with E-state index < -0.39 is 0 Å². The van der Waals surface area contributed by atoms with Crippen molar-refractivity contribution in [3.05, 3.63) is 152 Å². The van der Waals surface area contributed by atoms with Gasteiger partial charge in [0, 0.05) is 66.0 Å². The van der Waals surface area contributed by atoms with E-state index in [1.807, 2.05) is 24.3 Å². The maximum atomic E-state index is 6.20. The van der Waals surface area contributed by atoms with Crippen molar-refractivity contribution >= 4 is 82.7 Å². The summed E-state index contributed by atoms with van der Waals surface area (Å²) in [5.74, 6) is 0. The van der Waals surface area contributed by atoms with E-state index >= 15 is 0 Å². The third kappa shape index (κ3) is 4.38. The molecule has 4 heteroatoms. The third-order valence-electron chi connectivity index (χ3n) is 10.0. The molecule has 0 radical (unpaired) electrons. The molecule has 0 bridgehead atoms. The van der Waals surface area contributed by atoms with E-state index in [0.29, 0.717) is 0 Å². The Morgan fingerprint density at radius 1 is 0.400 bits per heavy atom. The SMILES string of the molecule is CC(C)(C)n1c2ccccc2c2cc(-c3ccc(N(c4ccc5oc6ccccc6c5c4)c4ccc5oc6ccccc6c5c4)cc3)ccc21. The second-order valence-electron chi connectivity index (χ2n) is 14.2. The molecular formula is C46H34N2O2. The van der Waals surface area contributed by atoms with Gasteiger partial charge < -0.3 is 18.3 Å². The van der Waals surface area contributed by atoms with Crippen molar-refractivity contribution in [2.24, 2.45) is 0 Å². The van der Waals surface area contributed by atoms with Gasteiger partial charge in [-0.1, -0.05) is 72.8 Å². The predicted molar refractivity (Wildman–Crippen MR) is 209 cm³/mol. The Kier molecular flexibility index (Phi) is 6.10. The molecule has 0 unspecified atom stereocenters. The number of nitrogens with zero attached hydrogens (tertiary/aromatic N) is 2. The van der Waals surface area contributed by atoms with E-state index in [1.165, 1.54) is 32.9 Å². The minimum absolute atomic E-state index is 0.0362. The van der Waals surface area contributed by atoms with Gasteiger partial charge in [-0.2, -0.15) is 0 Å². The lowest BCUT2D eigenvalue weighted by Gasteiger charge is -2.26. The summed E-state index contributed by atoms with van der Waals surface area (Å²) in [5, 5.41) is 6.97. The van der Waals surface area contributed by atoms with Crippen LogP contribution in [0.4, 0.5) is 17.1 Å². The van der Waals surface area contributed by atoms with Gasteiger partial charge in [0.1, 0.15) is 22.3 Å². The van der Waals surface area contributed by atoms with E-state index in [0.717, 1.165) is 60.9 Å². The molecule has 0 saturated heterocycles. The summed E-state index contributed by atoms with van der Waals surface area (Å²) in [6.07, 6.45) is 0. The normalized spacial score (nSPS) is 12.3. The van der Waals surface area contributed by atoms with Gasteiger partial charge in [-0.15, -0.1) is 0 Å². The molecule has 240 valence electrons. The van der Waals surface area contributed by atoms with Gasteiger partial charge in [0.15, 0.2) is 0 Å². The molecule has 0 N–H and O–H groups in total. The highest BCUT2D eigenvalue weighted by Crippen LogP contribution is 2.42. The topological polar surface area (TPSA) is 34.5 Å². The van der Waals surface area contributed by atoms with Crippen LogP contribution in [0.15, 0.2) is 160 Å². The van der Waals surface area contributed by atoms with E-state index in [2.05, 4.69) is 158 Å². The number of hydrogen-bond donors (Lipinski definition) is 0. The van der Waals surface area contributed by atoms with E-state index in [1.54, 1.807) is 0 Å². The van der Waals surface area contributed by atoms with Crippen molar-refractivity contribution in [1.29, 1.82) is 0 Å². The predicted octanol–water partition coefficient (Wildman–Crippen LogP) is 13.5. The van der Waals surface area contributed by atoms with Crippen LogP contribution in [0.1, 0.15) is 20.8 Å². The molecule has 0 atom stereocenters. The van der Waals surface area contributed by atoms with Gasteiger partial charge in [-0.25, -0.2) is 0 Å². The summed E-state index contributed by atoms with van der Waals surface area (Å²) in [6, 6.07) is 54.0. The molecule has 4 nitrogen and oxygen atoms in total. The van der Waals surface area contributed by atoms with Gasteiger partial charge in [0.2, 0.25) is 0 Å². The quantitative estimate of drug-likeness (QED) is 0.191. The Bertz CT molecular complexity index is 2800. The standard InChI is InChI=1S/C46H34N2O2/c1-46(2,3)48-40-13-7-4-10-34(40)37-26-30(18-23-41(37)48)29-16-19-31(20-17-29)47(32-21-24-44-38(27-32)35-11-5-8-14-42(35)49-44)33-22-25-45-39(28-33)36-12-6-9-15-43(36)50-45/h4-28H,1-3H3. The largest absolute Gasteiger partial charge is 0.456 e. The van der Waals surface area contributed by atoms with Crippen LogP contribution < -0.4 is 4.90 Å². The Morgan fingerprint density at radius 2 is 0.880 bits per heavy atom. The first-order valence-corrected chi connectivity index (χ1v) is 17.2. The summed E-state index contributed by atoms with van der Waals surface area (Å²) in [5.41, 5.74) is 11.6. The van der Waals surface area contributed by atoms with Gasteiger partial charge in [-0.05, 0) is 111 Å². The molecular weight excluding hydrogens is 613 g/mol. The van der Waals surface area contributed by atoms with Crippen molar-refractivity contribution in [1.82, 2.24) is 4.57 Å². The van der Waals surface area contributed by atoms with Crippen LogP contribution in [-0.4, -0.2) is 4.57 Å². The van der Waals surface area contributed by atoms with Crippen molar-refractivity contribution < 1.29 is 8.83 Å². The van der Waals surface area contributed by atoms with Gasteiger partial charge >= 0.3 is 0 Å². The smallest absolute Gasteiger partial charge is 0.135 e. The first-order valence-electron chi connectivity index (χ1n) is 17.2. The van der Waals surface area contributed by atoms with E-state index in [-0.39, 0.29) is 5.54 Å². The Labute approximate surface area is 289 Å². The molecule has 0 aliphatic carbocycles. The highest BCUT2D eigenvalue weighted by molar-refractivity contribution is 6.10. The first-order chi connectivity index (χ1) is 24.4. The van der Waals surface area contributed by atoms with Crippen molar-refractivity contribution in [3.8, 4) is 11.1 Å². The molecule has 0 spiro atoms. The maximum absolute atomic E-state index is 6.20. The van der Waals surface area contributed by atoms with Crippen LogP contribution in [0.5, 0.6) is 0 Å². The molecule has 7 aromatic carbocycles. The van der Waals surface area contributed by atoms with Crippen LogP contribution in [0.3, 0.4) is 0 Å². The lowest BCUT2D eigenvalue weighted by Crippen LogP contribution is -2.21. The summed E-state index contributed by atoms with van der Waals surface area (Å²) < 4.78 is 14.9. The number of furan rings is 2. The van der Waals surface area contributed by atoms with Crippen molar-refractivity contribution in [3.63, 3.8) is 0 Å². The van der Waals surface area contributed by atoms with Crippen LogP contribution in [-0.2, 0) is 5.54 Å². The van der Waals surface area contributed by atoms with E-state index in [9.17, 15) is 0 Å². The monoisotopic (exact) mass is 646 g/mol. The highest BCUT2D eigenvalue weighted by atomic mass is 16.3.